The lowest BCUT2D eigenvalue weighted by Crippen LogP contribution is -2.16. The smallest absolute Gasteiger partial charge is 0.224 e. The highest BCUT2D eigenvalue weighted by Gasteiger charge is 2.18. The highest BCUT2D eigenvalue weighted by Crippen LogP contribution is 2.28. The molecule has 1 fully saturated rings. The SMILES string of the molecule is CCc1cc(C#CCN)ccc1NC(=O)CC1CCCC1. The molecule has 1 aromatic carbocycles. The molecular formula is C18H24N2O. The summed E-state index contributed by atoms with van der Waals surface area (Å²) in [5, 5.41) is 3.06. The van der Waals surface area contributed by atoms with Crippen LogP contribution in [-0.4, -0.2) is 12.5 Å². The molecule has 3 N–H and O–H groups in total. The third kappa shape index (κ3) is 4.61. The Balaban J connectivity index is 2.02. The lowest BCUT2D eigenvalue weighted by atomic mass is 10.0. The molecule has 1 saturated carbocycles. The Hall–Kier alpha value is -1.79. The second-order valence-electron chi connectivity index (χ2n) is 5.63. The Morgan fingerprint density at radius 3 is 2.81 bits per heavy atom. The molecule has 0 aromatic heterocycles. The van der Waals surface area contributed by atoms with Gasteiger partial charge in [0.05, 0.1) is 6.54 Å². The predicted molar refractivity (Wildman–Crippen MR) is 87.0 cm³/mol. The molecule has 0 unspecified atom stereocenters. The first-order valence-electron chi connectivity index (χ1n) is 7.84. The summed E-state index contributed by atoms with van der Waals surface area (Å²) < 4.78 is 0. The van der Waals surface area contributed by atoms with E-state index in [1.165, 1.54) is 25.7 Å². The number of hydrogen-bond donors (Lipinski definition) is 2. The van der Waals surface area contributed by atoms with Gasteiger partial charge in [-0.2, -0.15) is 0 Å². The number of anilines is 1. The van der Waals surface area contributed by atoms with Gasteiger partial charge in [0, 0.05) is 17.7 Å². The van der Waals surface area contributed by atoms with Crippen LogP contribution in [0.4, 0.5) is 5.69 Å². The van der Waals surface area contributed by atoms with E-state index in [1.54, 1.807) is 0 Å². The molecule has 1 aliphatic rings. The van der Waals surface area contributed by atoms with Crippen LogP contribution in [0, 0.1) is 17.8 Å². The summed E-state index contributed by atoms with van der Waals surface area (Å²) in [6.07, 6.45) is 6.46. The summed E-state index contributed by atoms with van der Waals surface area (Å²) >= 11 is 0. The molecule has 0 radical (unpaired) electrons. The lowest BCUT2D eigenvalue weighted by Gasteiger charge is -2.13. The van der Waals surface area contributed by atoms with Crippen molar-refractivity contribution in [1.29, 1.82) is 0 Å². The number of nitrogens with two attached hydrogens (primary N) is 1. The van der Waals surface area contributed by atoms with Gasteiger partial charge in [0.25, 0.3) is 0 Å². The number of amides is 1. The Morgan fingerprint density at radius 1 is 1.38 bits per heavy atom. The number of hydrogen-bond acceptors (Lipinski definition) is 2. The van der Waals surface area contributed by atoms with Gasteiger partial charge in [0.2, 0.25) is 5.91 Å². The fraction of sp³-hybridized carbons (Fsp3) is 0.500. The molecule has 0 atom stereocenters. The molecule has 3 nitrogen and oxygen atoms in total. The minimum Gasteiger partial charge on any atom is -0.326 e. The van der Waals surface area contributed by atoms with Gasteiger partial charge < -0.3 is 11.1 Å². The maximum absolute atomic E-state index is 12.1. The first-order valence-corrected chi connectivity index (χ1v) is 7.84. The standard InChI is InChI=1S/C18H24N2O/c1-2-16-12-15(8-5-11-19)9-10-17(16)20-18(21)13-14-6-3-4-7-14/h9-10,12,14H,2-4,6-7,11,13,19H2,1H3,(H,20,21). The van der Waals surface area contributed by atoms with Crippen molar-refractivity contribution in [3.8, 4) is 11.8 Å². The van der Waals surface area contributed by atoms with Crippen LogP contribution in [-0.2, 0) is 11.2 Å². The zero-order valence-corrected chi connectivity index (χ0v) is 12.7. The number of carbonyl (C=O) groups is 1. The monoisotopic (exact) mass is 284 g/mol. The van der Waals surface area contributed by atoms with Crippen LogP contribution in [0.2, 0.25) is 0 Å². The Kier molecular flexibility index (Phi) is 5.83. The van der Waals surface area contributed by atoms with Crippen LogP contribution in [0.25, 0.3) is 0 Å². The Labute approximate surface area is 127 Å². The number of nitrogens with one attached hydrogen (secondary N) is 1. The molecule has 0 bridgehead atoms. The fourth-order valence-corrected chi connectivity index (χ4v) is 2.92. The first kappa shape index (κ1) is 15.6. The van der Waals surface area contributed by atoms with Crippen molar-refractivity contribution in [3.05, 3.63) is 29.3 Å². The van der Waals surface area contributed by atoms with Crippen LogP contribution < -0.4 is 11.1 Å². The quantitative estimate of drug-likeness (QED) is 0.835. The van der Waals surface area contributed by atoms with E-state index >= 15 is 0 Å². The number of aryl methyl sites for hydroxylation is 1. The van der Waals surface area contributed by atoms with Gasteiger partial charge in [-0.3, -0.25) is 4.79 Å². The Morgan fingerprint density at radius 2 is 2.14 bits per heavy atom. The molecule has 3 heteroatoms. The highest BCUT2D eigenvalue weighted by atomic mass is 16.1. The zero-order chi connectivity index (χ0) is 15.1. The van der Waals surface area contributed by atoms with E-state index in [0.717, 1.165) is 23.2 Å². The molecular weight excluding hydrogens is 260 g/mol. The summed E-state index contributed by atoms with van der Waals surface area (Å²) in [6, 6.07) is 5.92. The van der Waals surface area contributed by atoms with Gasteiger partial charge in [-0.1, -0.05) is 31.6 Å². The molecule has 0 heterocycles. The second kappa shape index (κ2) is 7.85. The maximum Gasteiger partial charge on any atom is 0.224 e. The van der Waals surface area contributed by atoms with E-state index in [9.17, 15) is 4.79 Å². The molecule has 2 rings (SSSR count). The normalized spacial score (nSPS) is 14.6. The van der Waals surface area contributed by atoms with E-state index in [2.05, 4.69) is 24.1 Å². The third-order valence-corrected chi connectivity index (χ3v) is 4.04. The van der Waals surface area contributed by atoms with Crippen LogP contribution >= 0.6 is 0 Å². The number of rotatable bonds is 4. The third-order valence-electron chi connectivity index (χ3n) is 4.04. The maximum atomic E-state index is 12.1. The second-order valence-corrected chi connectivity index (χ2v) is 5.63. The first-order chi connectivity index (χ1) is 10.2. The molecule has 0 spiro atoms. The van der Waals surface area contributed by atoms with E-state index in [-0.39, 0.29) is 5.91 Å². The molecule has 1 aromatic rings. The minimum atomic E-state index is 0.136. The summed E-state index contributed by atoms with van der Waals surface area (Å²) in [6.45, 7) is 2.45. The van der Waals surface area contributed by atoms with Gasteiger partial charge in [0.1, 0.15) is 0 Å². The van der Waals surface area contributed by atoms with E-state index < -0.39 is 0 Å². The molecule has 0 saturated heterocycles. The van der Waals surface area contributed by atoms with Gasteiger partial charge in [0.15, 0.2) is 0 Å². The van der Waals surface area contributed by atoms with Gasteiger partial charge in [-0.15, -0.1) is 0 Å². The van der Waals surface area contributed by atoms with Crippen LogP contribution in [0.15, 0.2) is 18.2 Å². The molecule has 1 amide bonds. The van der Waals surface area contributed by atoms with Crippen molar-refractivity contribution in [2.75, 3.05) is 11.9 Å². The van der Waals surface area contributed by atoms with Gasteiger partial charge in [-0.25, -0.2) is 0 Å². The van der Waals surface area contributed by atoms with E-state index in [4.69, 9.17) is 5.73 Å². The molecule has 0 aliphatic heterocycles. The summed E-state index contributed by atoms with van der Waals surface area (Å²) in [7, 11) is 0. The average molecular weight is 284 g/mol. The topological polar surface area (TPSA) is 55.1 Å². The predicted octanol–water partition coefficient (Wildman–Crippen LogP) is 3.08. The van der Waals surface area contributed by atoms with Gasteiger partial charge >= 0.3 is 0 Å². The molecule has 112 valence electrons. The minimum absolute atomic E-state index is 0.136. The number of benzene rings is 1. The summed E-state index contributed by atoms with van der Waals surface area (Å²) in [5.41, 5.74) is 8.38. The van der Waals surface area contributed by atoms with Crippen molar-refractivity contribution in [1.82, 2.24) is 0 Å². The molecule has 1 aliphatic carbocycles. The zero-order valence-electron chi connectivity index (χ0n) is 12.7. The van der Waals surface area contributed by atoms with E-state index in [1.807, 2.05) is 18.2 Å². The van der Waals surface area contributed by atoms with Crippen molar-refractivity contribution < 1.29 is 4.79 Å². The largest absolute Gasteiger partial charge is 0.326 e. The van der Waals surface area contributed by atoms with Crippen LogP contribution in [0.1, 0.15) is 50.2 Å². The van der Waals surface area contributed by atoms with Gasteiger partial charge in [-0.05, 0) is 48.9 Å². The van der Waals surface area contributed by atoms with Crippen molar-refractivity contribution in [3.63, 3.8) is 0 Å². The van der Waals surface area contributed by atoms with Crippen LogP contribution in [0.5, 0.6) is 0 Å². The van der Waals surface area contributed by atoms with E-state index in [0.29, 0.717) is 18.9 Å². The Bertz CT molecular complexity index is 548. The molecule has 21 heavy (non-hydrogen) atoms. The summed E-state index contributed by atoms with van der Waals surface area (Å²) in [4.78, 5) is 12.1. The van der Waals surface area contributed by atoms with Crippen molar-refractivity contribution in [2.24, 2.45) is 11.7 Å². The summed E-state index contributed by atoms with van der Waals surface area (Å²) in [5.74, 6) is 6.60. The number of carbonyl (C=O) groups excluding carboxylic acids is 1. The van der Waals surface area contributed by atoms with Crippen LogP contribution in [0.3, 0.4) is 0 Å². The van der Waals surface area contributed by atoms with Crippen molar-refractivity contribution in [2.45, 2.75) is 45.4 Å². The lowest BCUT2D eigenvalue weighted by molar-refractivity contribution is -0.117. The fourth-order valence-electron chi connectivity index (χ4n) is 2.92. The average Bonchev–Trinajstić information content (AvgIpc) is 2.98. The highest BCUT2D eigenvalue weighted by molar-refractivity contribution is 5.91. The van der Waals surface area contributed by atoms with Crippen molar-refractivity contribution >= 4 is 11.6 Å².